The molecule has 0 aromatic heterocycles. The SMILES string of the molecule is Fc1ccccc1C[NH+]1CCC([NH+]2CCCCCC2)CC1. The van der Waals surface area contributed by atoms with E-state index in [1.165, 1.54) is 64.7 Å². The number of hydrogen-bond acceptors (Lipinski definition) is 0. The Labute approximate surface area is 127 Å². The Kier molecular flexibility index (Phi) is 5.26. The highest BCUT2D eigenvalue weighted by molar-refractivity contribution is 5.15. The van der Waals surface area contributed by atoms with E-state index >= 15 is 0 Å². The molecule has 1 aromatic carbocycles. The first-order chi connectivity index (χ1) is 10.3. The summed E-state index contributed by atoms with van der Waals surface area (Å²) in [5.74, 6) is -0.0368. The molecule has 2 saturated heterocycles. The van der Waals surface area contributed by atoms with Gasteiger partial charge < -0.3 is 9.80 Å². The Hall–Kier alpha value is -0.930. The van der Waals surface area contributed by atoms with Crippen LogP contribution in [0.5, 0.6) is 0 Å². The maximum Gasteiger partial charge on any atom is 0.132 e. The summed E-state index contributed by atoms with van der Waals surface area (Å²) in [7, 11) is 0. The van der Waals surface area contributed by atoms with Crippen molar-refractivity contribution in [3.63, 3.8) is 0 Å². The molecule has 3 rings (SSSR count). The van der Waals surface area contributed by atoms with Gasteiger partial charge in [0, 0.05) is 18.4 Å². The second-order valence-corrected chi connectivity index (χ2v) is 6.86. The van der Waals surface area contributed by atoms with Crippen molar-refractivity contribution in [2.24, 2.45) is 0 Å². The highest BCUT2D eigenvalue weighted by Gasteiger charge is 2.30. The average molecular weight is 292 g/mol. The van der Waals surface area contributed by atoms with Gasteiger partial charge in [0.2, 0.25) is 0 Å². The molecule has 0 aliphatic carbocycles. The van der Waals surface area contributed by atoms with Gasteiger partial charge in [0.05, 0.1) is 32.2 Å². The van der Waals surface area contributed by atoms with E-state index in [1.54, 1.807) is 17.0 Å². The predicted octanol–water partition coefficient (Wildman–Crippen LogP) is 0.832. The fourth-order valence-electron chi connectivity index (χ4n) is 4.11. The van der Waals surface area contributed by atoms with Crippen LogP contribution in [0.3, 0.4) is 0 Å². The van der Waals surface area contributed by atoms with Crippen LogP contribution in [-0.4, -0.2) is 32.2 Å². The van der Waals surface area contributed by atoms with Crippen LogP contribution in [-0.2, 0) is 6.54 Å². The first-order valence-electron chi connectivity index (χ1n) is 8.74. The van der Waals surface area contributed by atoms with Gasteiger partial charge in [-0.2, -0.15) is 0 Å². The van der Waals surface area contributed by atoms with Gasteiger partial charge in [-0.25, -0.2) is 4.39 Å². The Morgan fingerprint density at radius 1 is 0.905 bits per heavy atom. The zero-order chi connectivity index (χ0) is 14.5. The third-order valence-corrected chi connectivity index (χ3v) is 5.41. The van der Waals surface area contributed by atoms with Gasteiger partial charge in [-0.15, -0.1) is 0 Å². The van der Waals surface area contributed by atoms with Gasteiger partial charge in [0.15, 0.2) is 0 Å². The molecule has 116 valence electrons. The van der Waals surface area contributed by atoms with Crippen LogP contribution in [0, 0.1) is 5.82 Å². The molecule has 2 aliphatic heterocycles. The van der Waals surface area contributed by atoms with E-state index in [-0.39, 0.29) is 5.82 Å². The van der Waals surface area contributed by atoms with E-state index < -0.39 is 0 Å². The Bertz CT molecular complexity index is 433. The lowest BCUT2D eigenvalue weighted by atomic mass is 10.0. The van der Waals surface area contributed by atoms with Crippen LogP contribution >= 0.6 is 0 Å². The van der Waals surface area contributed by atoms with Crippen LogP contribution in [0.1, 0.15) is 44.1 Å². The fraction of sp³-hybridized carbons (Fsp3) is 0.667. The maximum absolute atomic E-state index is 13.7. The number of halogens is 1. The molecular formula is C18H29FN2+2. The van der Waals surface area contributed by atoms with Gasteiger partial charge in [0.1, 0.15) is 12.4 Å². The number of rotatable bonds is 3. The van der Waals surface area contributed by atoms with Crippen molar-refractivity contribution in [3.8, 4) is 0 Å². The van der Waals surface area contributed by atoms with Crippen LogP contribution < -0.4 is 9.80 Å². The topological polar surface area (TPSA) is 8.88 Å². The second-order valence-electron chi connectivity index (χ2n) is 6.86. The van der Waals surface area contributed by atoms with Crippen molar-refractivity contribution in [2.45, 2.75) is 51.1 Å². The summed E-state index contributed by atoms with van der Waals surface area (Å²) in [6.45, 7) is 6.04. The van der Waals surface area contributed by atoms with E-state index in [9.17, 15) is 4.39 Å². The zero-order valence-electron chi connectivity index (χ0n) is 13.0. The molecule has 0 saturated carbocycles. The highest BCUT2D eigenvalue weighted by Crippen LogP contribution is 2.06. The Morgan fingerprint density at radius 2 is 1.57 bits per heavy atom. The van der Waals surface area contributed by atoms with Crippen molar-refractivity contribution >= 4 is 0 Å². The molecule has 0 amide bonds. The molecular weight excluding hydrogens is 263 g/mol. The van der Waals surface area contributed by atoms with Crippen molar-refractivity contribution in [1.29, 1.82) is 0 Å². The number of piperidine rings is 1. The smallest absolute Gasteiger partial charge is 0.132 e. The van der Waals surface area contributed by atoms with Gasteiger partial charge in [0.25, 0.3) is 0 Å². The molecule has 2 fully saturated rings. The van der Waals surface area contributed by atoms with Crippen molar-refractivity contribution in [1.82, 2.24) is 0 Å². The Morgan fingerprint density at radius 3 is 2.24 bits per heavy atom. The average Bonchev–Trinajstić information content (AvgIpc) is 2.80. The van der Waals surface area contributed by atoms with Crippen LogP contribution in [0.15, 0.2) is 24.3 Å². The number of nitrogens with one attached hydrogen (secondary N) is 2. The van der Waals surface area contributed by atoms with E-state index in [2.05, 4.69) is 0 Å². The highest BCUT2D eigenvalue weighted by atomic mass is 19.1. The van der Waals surface area contributed by atoms with E-state index in [0.29, 0.717) is 0 Å². The molecule has 0 radical (unpaired) electrons. The molecule has 2 aliphatic rings. The summed E-state index contributed by atoms with van der Waals surface area (Å²) in [6.07, 6.45) is 8.33. The molecule has 2 nitrogen and oxygen atoms in total. The first-order valence-corrected chi connectivity index (χ1v) is 8.74. The van der Waals surface area contributed by atoms with Gasteiger partial charge >= 0.3 is 0 Å². The van der Waals surface area contributed by atoms with Crippen LogP contribution in [0.25, 0.3) is 0 Å². The fourth-order valence-corrected chi connectivity index (χ4v) is 4.11. The minimum absolute atomic E-state index is 0.0368. The minimum Gasteiger partial charge on any atom is -0.332 e. The summed E-state index contributed by atoms with van der Waals surface area (Å²) in [5, 5.41) is 0. The number of benzene rings is 1. The largest absolute Gasteiger partial charge is 0.332 e. The van der Waals surface area contributed by atoms with E-state index in [4.69, 9.17) is 0 Å². The second kappa shape index (κ2) is 7.37. The van der Waals surface area contributed by atoms with Gasteiger partial charge in [-0.05, 0) is 31.7 Å². The lowest BCUT2D eigenvalue weighted by Gasteiger charge is -2.34. The van der Waals surface area contributed by atoms with E-state index in [0.717, 1.165) is 18.2 Å². The lowest BCUT2D eigenvalue weighted by Crippen LogP contribution is -3.20. The summed E-state index contributed by atoms with van der Waals surface area (Å²) in [5.41, 5.74) is 0.882. The summed E-state index contributed by atoms with van der Waals surface area (Å²) in [6, 6.07) is 8.12. The third kappa shape index (κ3) is 4.04. The lowest BCUT2D eigenvalue weighted by molar-refractivity contribution is -0.963. The van der Waals surface area contributed by atoms with Crippen LogP contribution in [0.2, 0.25) is 0 Å². The third-order valence-electron chi connectivity index (χ3n) is 5.41. The molecule has 0 atom stereocenters. The van der Waals surface area contributed by atoms with Crippen molar-refractivity contribution in [3.05, 3.63) is 35.6 Å². The normalized spacial score (nSPS) is 28.2. The molecule has 2 heterocycles. The van der Waals surface area contributed by atoms with Crippen molar-refractivity contribution < 1.29 is 14.2 Å². The molecule has 0 bridgehead atoms. The molecule has 21 heavy (non-hydrogen) atoms. The molecule has 0 unspecified atom stereocenters. The number of hydrogen-bond donors (Lipinski definition) is 2. The maximum atomic E-state index is 13.7. The first kappa shape index (κ1) is 15.0. The molecule has 3 heteroatoms. The molecule has 0 spiro atoms. The number of quaternary nitrogens is 2. The van der Waals surface area contributed by atoms with Gasteiger partial charge in [-0.1, -0.05) is 18.2 Å². The predicted molar refractivity (Wildman–Crippen MR) is 83.0 cm³/mol. The summed E-state index contributed by atoms with van der Waals surface area (Å²) < 4.78 is 13.7. The summed E-state index contributed by atoms with van der Waals surface area (Å²) in [4.78, 5) is 3.42. The monoisotopic (exact) mass is 292 g/mol. The minimum atomic E-state index is -0.0368. The Balaban J connectivity index is 1.49. The number of likely N-dealkylation sites (tertiary alicyclic amines) is 2. The summed E-state index contributed by atoms with van der Waals surface area (Å²) >= 11 is 0. The molecule has 1 aromatic rings. The van der Waals surface area contributed by atoms with Gasteiger partial charge in [-0.3, -0.25) is 0 Å². The quantitative estimate of drug-likeness (QED) is 0.817. The van der Waals surface area contributed by atoms with Crippen molar-refractivity contribution in [2.75, 3.05) is 26.2 Å². The standard InChI is InChI=1S/C18H27FN2/c19-18-8-4-3-7-16(18)15-20-13-9-17(10-14-20)21-11-5-1-2-6-12-21/h3-4,7-8,17H,1-2,5-6,9-15H2/p+2. The molecule has 2 N–H and O–H groups in total. The van der Waals surface area contributed by atoms with Crippen LogP contribution in [0.4, 0.5) is 4.39 Å². The zero-order valence-corrected chi connectivity index (χ0v) is 13.0. The van der Waals surface area contributed by atoms with E-state index in [1.807, 2.05) is 17.0 Å².